The number of likely N-dealkylation sites (tertiary alicyclic amines) is 1. The van der Waals surface area contributed by atoms with Gasteiger partial charge in [0.15, 0.2) is 6.61 Å². The summed E-state index contributed by atoms with van der Waals surface area (Å²) >= 11 is 0. The van der Waals surface area contributed by atoms with E-state index in [-0.39, 0.29) is 30.8 Å². The first-order valence-corrected chi connectivity index (χ1v) is 6.95. The maximum atomic E-state index is 12.5. The van der Waals surface area contributed by atoms with E-state index in [1.165, 1.54) is 30.2 Å². The van der Waals surface area contributed by atoms with E-state index in [0.717, 1.165) is 0 Å². The van der Waals surface area contributed by atoms with Crippen molar-refractivity contribution in [3.63, 3.8) is 0 Å². The van der Waals surface area contributed by atoms with Gasteiger partial charge >= 0.3 is 6.18 Å². The Morgan fingerprint density at radius 3 is 2.83 bits per heavy atom. The summed E-state index contributed by atoms with van der Waals surface area (Å²) in [6, 6.07) is 3.61. The second-order valence-corrected chi connectivity index (χ2v) is 5.15. The predicted molar refractivity (Wildman–Crippen MR) is 73.1 cm³/mol. The van der Waals surface area contributed by atoms with Crippen molar-refractivity contribution < 1.29 is 32.5 Å². The molecule has 1 fully saturated rings. The highest BCUT2D eigenvalue weighted by Gasteiger charge is 2.36. The first-order valence-electron chi connectivity index (χ1n) is 6.95. The molecule has 0 spiro atoms. The lowest BCUT2D eigenvalue weighted by atomic mass is 10.2. The molecule has 23 heavy (non-hydrogen) atoms. The van der Waals surface area contributed by atoms with Crippen LogP contribution in [0.2, 0.25) is 0 Å². The van der Waals surface area contributed by atoms with Crippen LogP contribution in [0.15, 0.2) is 18.2 Å². The van der Waals surface area contributed by atoms with Gasteiger partial charge in [0.05, 0.1) is 18.8 Å². The first-order chi connectivity index (χ1) is 10.8. The van der Waals surface area contributed by atoms with Crippen LogP contribution in [0.25, 0.3) is 0 Å². The number of rotatable bonds is 5. The van der Waals surface area contributed by atoms with E-state index in [4.69, 9.17) is 4.74 Å². The zero-order chi connectivity index (χ0) is 17.0. The fourth-order valence-corrected chi connectivity index (χ4v) is 2.38. The van der Waals surface area contributed by atoms with E-state index in [1.54, 1.807) is 0 Å². The number of alkyl halides is 3. The molecule has 1 N–H and O–H groups in total. The molecule has 2 atom stereocenters. The van der Waals surface area contributed by atoms with E-state index in [2.05, 4.69) is 9.72 Å². The summed E-state index contributed by atoms with van der Waals surface area (Å²) in [5, 5.41) is 9.35. The number of carbonyl (C=O) groups excluding carboxylic acids is 1. The second kappa shape index (κ2) is 7.14. The van der Waals surface area contributed by atoms with Gasteiger partial charge in [0.1, 0.15) is 5.69 Å². The molecule has 0 saturated carbocycles. The molecule has 1 aromatic rings. The molecule has 0 radical (unpaired) electrons. The van der Waals surface area contributed by atoms with Crippen LogP contribution < -0.4 is 4.74 Å². The number of aliphatic hydroxyl groups excluding tert-OH is 1. The summed E-state index contributed by atoms with van der Waals surface area (Å²) in [6.07, 6.45) is -4.19. The molecule has 1 saturated heterocycles. The lowest BCUT2D eigenvalue weighted by Gasteiger charge is -2.22. The average Bonchev–Trinajstić information content (AvgIpc) is 2.95. The van der Waals surface area contributed by atoms with Gasteiger partial charge in [-0.2, -0.15) is 13.2 Å². The fraction of sp³-hybridized carbons (Fsp3) is 0.571. The third kappa shape index (κ3) is 4.55. The molecule has 9 heteroatoms. The van der Waals surface area contributed by atoms with Crippen molar-refractivity contribution in [3.05, 3.63) is 23.9 Å². The van der Waals surface area contributed by atoms with Gasteiger partial charge in [0, 0.05) is 19.7 Å². The quantitative estimate of drug-likeness (QED) is 0.877. The molecule has 0 bridgehead atoms. The Balaban J connectivity index is 2.10. The minimum absolute atomic E-state index is 0.0418. The smallest absolute Gasteiger partial charge is 0.422 e. The highest BCUT2D eigenvalue weighted by Crippen LogP contribution is 2.23. The number of carbonyl (C=O) groups is 1. The van der Waals surface area contributed by atoms with Crippen molar-refractivity contribution in [2.45, 2.75) is 24.7 Å². The van der Waals surface area contributed by atoms with E-state index < -0.39 is 24.7 Å². The monoisotopic (exact) mass is 334 g/mol. The van der Waals surface area contributed by atoms with Gasteiger partial charge in [0.2, 0.25) is 5.88 Å². The van der Waals surface area contributed by atoms with Crippen molar-refractivity contribution in [2.75, 3.05) is 26.9 Å². The SMILES string of the molecule is CO[C@H]1C[C@@H](CO)N(C(=O)c2cccc(OCC(F)(F)F)n2)C1. The maximum Gasteiger partial charge on any atom is 0.422 e. The van der Waals surface area contributed by atoms with Crippen molar-refractivity contribution in [2.24, 2.45) is 0 Å². The number of pyridine rings is 1. The molecule has 1 aliphatic rings. The van der Waals surface area contributed by atoms with Crippen LogP contribution in [-0.2, 0) is 4.74 Å². The summed E-state index contributed by atoms with van der Waals surface area (Å²) in [6.45, 7) is -1.42. The Labute approximate surface area is 130 Å². The Hall–Kier alpha value is -1.87. The number of nitrogens with zero attached hydrogens (tertiary/aromatic N) is 2. The van der Waals surface area contributed by atoms with E-state index in [9.17, 15) is 23.1 Å². The molecular formula is C14H17F3N2O4. The third-order valence-corrected chi connectivity index (χ3v) is 3.51. The molecule has 6 nitrogen and oxygen atoms in total. The number of aliphatic hydroxyl groups is 1. The van der Waals surface area contributed by atoms with Crippen molar-refractivity contribution in [1.29, 1.82) is 0 Å². The number of hydrogen-bond acceptors (Lipinski definition) is 5. The Morgan fingerprint density at radius 2 is 2.22 bits per heavy atom. The lowest BCUT2D eigenvalue weighted by Crippen LogP contribution is -2.38. The average molecular weight is 334 g/mol. The number of halogens is 3. The standard InChI is InChI=1S/C14H17F3N2O4/c1-22-10-5-9(7-20)19(6-10)13(21)11-3-2-4-12(18-11)23-8-14(15,16)17/h2-4,9-10,20H,5-8H2,1H3/t9-,10-/m0/s1. The first kappa shape index (κ1) is 17.5. The molecule has 2 heterocycles. The van der Waals surface area contributed by atoms with Gasteiger partial charge in [-0.1, -0.05) is 6.07 Å². The van der Waals surface area contributed by atoms with Crippen LogP contribution in [0.5, 0.6) is 5.88 Å². The minimum atomic E-state index is -4.48. The number of aromatic nitrogens is 1. The van der Waals surface area contributed by atoms with Gasteiger partial charge in [-0.05, 0) is 12.5 Å². The zero-order valence-corrected chi connectivity index (χ0v) is 12.4. The molecule has 2 rings (SSSR count). The maximum absolute atomic E-state index is 12.5. The Bertz CT molecular complexity index is 553. The third-order valence-electron chi connectivity index (χ3n) is 3.51. The van der Waals surface area contributed by atoms with Gasteiger partial charge < -0.3 is 19.5 Å². The number of amides is 1. The van der Waals surface area contributed by atoms with E-state index in [1.807, 2.05) is 0 Å². The summed E-state index contributed by atoms with van der Waals surface area (Å²) in [5.41, 5.74) is -0.0418. The van der Waals surface area contributed by atoms with Crippen molar-refractivity contribution in [3.8, 4) is 5.88 Å². The van der Waals surface area contributed by atoms with E-state index >= 15 is 0 Å². The van der Waals surface area contributed by atoms with Crippen molar-refractivity contribution in [1.82, 2.24) is 9.88 Å². The van der Waals surface area contributed by atoms with Gasteiger partial charge in [-0.25, -0.2) is 4.98 Å². The molecule has 1 amide bonds. The summed E-state index contributed by atoms with van der Waals surface area (Å²) in [7, 11) is 1.51. The molecule has 0 aromatic carbocycles. The number of hydrogen-bond donors (Lipinski definition) is 1. The topological polar surface area (TPSA) is 71.9 Å². The van der Waals surface area contributed by atoms with Crippen LogP contribution in [-0.4, -0.2) is 66.1 Å². The van der Waals surface area contributed by atoms with Gasteiger partial charge in [-0.15, -0.1) is 0 Å². The lowest BCUT2D eigenvalue weighted by molar-refractivity contribution is -0.154. The highest BCUT2D eigenvalue weighted by molar-refractivity contribution is 5.92. The largest absolute Gasteiger partial charge is 0.468 e. The normalized spacial score (nSPS) is 21.5. The summed E-state index contributed by atoms with van der Waals surface area (Å²) in [5.74, 6) is -0.766. The van der Waals surface area contributed by atoms with E-state index in [0.29, 0.717) is 6.42 Å². The van der Waals surface area contributed by atoms with Crippen LogP contribution in [0, 0.1) is 0 Å². The molecule has 0 aliphatic carbocycles. The minimum Gasteiger partial charge on any atom is -0.468 e. The molecular weight excluding hydrogens is 317 g/mol. The second-order valence-electron chi connectivity index (χ2n) is 5.15. The Morgan fingerprint density at radius 1 is 1.48 bits per heavy atom. The Kier molecular flexibility index (Phi) is 5.42. The van der Waals surface area contributed by atoms with Crippen LogP contribution >= 0.6 is 0 Å². The highest BCUT2D eigenvalue weighted by atomic mass is 19.4. The fourth-order valence-electron chi connectivity index (χ4n) is 2.38. The van der Waals surface area contributed by atoms with Crippen LogP contribution in [0.4, 0.5) is 13.2 Å². The zero-order valence-electron chi connectivity index (χ0n) is 12.4. The van der Waals surface area contributed by atoms with Gasteiger partial charge in [0.25, 0.3) is 5.91 Å². The summed E-state index contributed by atoms with van der Waals surface area (Å²) in [4.78, 5) is 17.7. The molecule has 1 aliphatic heterocycles. The van der Waals surface area contributed by atoms with Crippen LogP contribution in [0.1, 0.15) is 16.9 Å². The molecule has 128 valence electrons. The number of methoxy groups -OCH3 is 1. The predicted octanol–water partition coefficient (Wildman–Crippen LogP) is 1.24. The van der Waals surface area contributed by atoms with Crippen LogP contribution in [0.3, 0.4) is 0 Å². The van der Waals surface area contributed by atoms with Gasteiger partial charge in [-0.3, -0.25) is 4.79 Å². The molecule has 0 unspecified atom stereocenters. The number of ether oxygens (including phenoxy) is 2. The summed E-state index contributed by atoms with van der Waals surface area (Å²) < 4.78 is 46.2. The molecule has 1 aromatic heterocycles. The van der Waals surface area contributed by atoms with Crippen molar-refractivity contribution >= 4 is 5.91 Å².